The maximum Gasteiger partial charge on any atom is 0.253 e. The summed E-state index contributed by atoms with van der Waals surface area (Å²) >= 11 is 0. The van der Waals surface area contributed by atoms with Crippen LogP contribution in [0.3, 0.4) is 0 Å². The minimum Gasteiger partial charge on any atom is -0.497 e. The Morgan fingerprint density at radius 2 is 2.14 bits per heavy atom. The predicted octanol–water partition coefficient (Wildman–Crippen LogP) is 1.73. The van der Waals surface area contributed by atoms with Gasteiger partial charge < -0.3 is 15.4 Å². The number of fused-ring (bicyclic) bond motifs is 1. The second-order valence-electron chi connectivity index (χ2n) is 5.28. The number of rotatable bonds is 3. The molecule has 1 aliphatic heterocycles. The summed E-state index contributed by atoms with van der Waals surface area (Å²) in [5.41, 5.74) is 1.43. The number of methoxy groups -OCH3 is 1. The molecule has 0 aliphatic carbocycles. The molecule has 2 heterocycles. The van der Waals surface area contributed by atoms with Crippen molar-refractivity contribution in [1.82, 2.24) is 15.6 Å². The zero-order chi connectivity index (χ0) is 14.7. The van der Waals surface area contributed by atoms with E-state index in [9.17, 15) is 4.79 Å². The van der Waals surface area contributed by atoms with E-state index >= 15 is 0 Å². The number of benzene rings is 1. The van der Waals surface area contributed by atoms with Crippen molar-refractivity contribution in [2.75, 3.05) is 20.2 Å². The monoisotopic (exact) mass is 285 g/mol. The lowest BCUT2D eigenvalue weighted by Crippen LogP contribution is -2.42. The van der Waals surface area contributed by atoms with E-state index in [2.05, 4.69) is 15.6 Å². The van der Waals surface area contributed by atoms with Crippen LogP contribution in [0.2, 0.25) is 0 Å². The molecule has 1 aromatic heterocycles. The standard InChI is InChI=1S/C16H19N3O2/c1-21-14-3-2-11-8-12(10-18-15(11)9-14)16(20)19-13-4-6-17-7-5-13/h2-3,8-10,13,17H,4-7H2,1H3,(H,19,20). The maximum absolute atomic E-state index is 12.3. The molecular weight excluding hydrogens is 266 g/mol. The largest absolute Gasteiger partial charge is 0.497 e. The van der Waals surface area contributed by atoms with Gasteiger partial charge in [-0.1, -0.05) is 0 Å². The third-order valence-electron chi connectivity index (χ3n) is 3.83. The molecule has 5 nitrogen and oxygen atoms in total. The Morgan fingerprint density at radius 1 is 1.33 bits per heavy atom. The van der Waals surface area contributed by atoms with Crippen molar-refractivity contribution in [3.8, 4) is 5.75 Å². The number of piperidine rings is 1. The third-order valence-corrected chi connectivity index (χ3v) is 3.83. The van der Waals surface area contributed by atoms with E-state index in [1.54, 1.807) is 13.3 Å². The highest BCUT2D eigenvalue weighted by atomic mass is 16.5. The lowest BCUT2D eigenvalue weighted by Gasteiger charge is -2.23. The van der Waals surface area contributed by atoms with Gasteiger partial charge in [-0.25, -0.2) is 0 Å². The first kappa shape index (κ1) is 13.8. The summed E-state index contributed by atoms with van der Waals surface area (Å²) in [5, 5.41) is 7.30. The summed E-state index contributed by atoms with van der Waals surface area (Å²) in [7, 11) is 1.63. The second kappa shape index (κ2) is 6.10. The summed E-state index contributed by atoms with van der Waals surface area (Å²) in [5.74, 6) is 0.717. The van der Waals surface area contributed by atoms with Crippen LogP contribution >= 0.6 is 0 Å². The molecule has 1 aromatic carbocycles. The topological polar surface area (TPSA) is 63.2 Å². The number of aromatic nitrogens is 1. The van der Waals surface area contributed by atoms with E-state index in [1.165, 1.54) is 0 Å². The van der Waals surface area contributed by atoms with Gasteiger partial charge >= 0.3 is 0 Å². The molecule has 1 fully saturated rings. The molecule has 0 saturated carbocycles. The molecule has 3 rings (SSSR count). The normalized spacial score (nSPS) is 15.9. The van der Waals surface area contributed by atoms with Crippen molar-refractivity contribution >= 4 is 16.8 Å². The second-order valence-corrected chi connectivity index (χ2v) is 5.28. The van der Waals surface area contributed by atoms with Gasteiger partial charge in [-0.3, -0.25) is 9.78 Å². The Bertz CT molecular complexity index is 651. The molecule has 0 unspecified atom stereocenters. The summed E-state index contributed by atoms with van der Waals surface area (Å²) in [6, 6.07) is 7.79. The molecule has 0 atom stereocenters. The van der Waals surface area contributed by atoms with Crippen LogP contribution in [0.5, 0.6) is 5.75 Å². The van der Waals surface area contributed by atoms with E-state index in [0.29, 0.717) is 5.56 Å². The summed E-state index contributed by atoms with van der Waals surface area (Å²) in [4.78, 5) is 16.6. The highest BCUT2D eigenvalue weighted by Gasteiger charge is 2.16. The van der Waals surface area contributed by atoms with Gasteiger partial charge in [0, 0.05) is 23.7 Å². The fourth-order valence-electron chi connectivity index (χ4n) is 2.59. The summed E-state index contributed by atoms with van der Waals surface area (Å²) in [6.07, 6.45) is 3.58. The number of hydrogen-bond donors (Lipinski definition) is 2. The number of pyridine rings is 1. The van der Waals surface area contributed by atoms with Crippen molar-refractivity contribution in [3.05, 3.63) is 36.0 Å². The van der Waals surface area contributed by atoms with E-state index in [4.69, 9.17) is 4.74 Å². The molecule has 0 bridgehead atoms. The smallest absolute Gasteiger partial charge is 0.253 e. The average molecular weight is 285 g/mol. The van der Waals surface area contributed by atoms with E-state index in [1.807, 2.05) is 24.3 Å². The first-order valence-corrected chi connectivity index (χ1v) is 7.21. The molecular formula is C16H19N3O2. The fourth-order valence-corrected chi connectivity index (χ4v) is 2.59. The molecule has 21 heavy (non-hydrogen) atoms. The number of nitrogens with one attached hydrogen (secondary N) is 2. The van der Waals surface area contributed by atoms with Gasteiger partial charge in [0.2, 0.25) is 0 Å². The van der Waals surface area contributed by atoms with Gasteiger partial charge in [-0.05, 0) is 44.1 Å². The van der Waals surface area contributed by atoms with Gasteiger partial charge in [0.15, 0.2) is 0 Å². The Kier molecular flexibility index (Phi) is 4.01. The number of ether oxygens (including phenoxy) is 1. The SMILES string of the molecule is COc1ccc2cc(C(=O)NC3CCNCC3)cnc2c1. The fraction of sp³-hybridized carbons (Fsp3) is 0.375. The number of nitrogens with zero attached hydrogens (tertiary/aromatic N) is 1. The first-order valence-electron chi connectivity index (χ1n) is 7.21. The van der Waals surface area contributed by atoms with Crippen molar-refractivity contribution in [2.45, 2.75) is 18.9 Å². The molecule has 0 spiro atoms. The van der Waals surface area contributed by atoms with Gasteiger partial charge in [-0.2, -0.15) is 0 Å². The Labute approximate surface area is 123 Å². The minimum absolute atomic E-state index is 0.0490. The van der Waals surface area contributed by atoms with Gasteiger partial charge in [0.25, 0.3) is 5.91 Å². The molecule has 1 amide bonds. The lowest BCUT2D eigenvalue weighted by atomic mass is 10.1. The Hall–Kier alpha value is -2.14. The van der Waals surface area contributed by atoms with Crippen LogP contribution in [-0.4, -0.2) is 37.1 Å². The van der Waals surface area contributed by atoms with Gasteiger partial charge in [0.1, 0.15) is 5.75 Å². The number of carbonyl (C=O) groups is 1. The van der Waals surface area contributed by atoms with Crippen LogP contribution < -0.4 is 15.4 Å². The van der Waals surface area contributed by atoms with Crippen LogP contribution in [0.15, 0.2) is 30.5 Å². The maximum atomic E-state index is 12.3. The highest BCUT2D eigenvalue weighted by molar-refractivity contribution is 5.97. The van der Waals surface area contributed by atoms with E-state index < -0.39 is 0 Å². The zero-order valence-corrected chi connectivity index (χ0v) is 12.1. The van der Waals surface area contributed by atoms with Crippen LogP contribution in [0.1, 0.15) is 23.2 Å². The van der Waals surface area contributed by atoms with Gasteiger partial charge in [-0.15, -0.1) is 0 Å². The predicted molar refractivity (Wildman–Crippen MR) is 81.7 cm³/mol. The minimum atomic E-state index is -0.0490. The van der Waals surface area contributed by atoms with E-state index in [0.717, 1.165) is 42.6 Å². The summed E-state index contributed by atoms with van der Waals surface area (Å²) in [6.45, 7) is 1.92. The van der Waals surface area contributed by atoms with Crippen LogP contribution in [0.4, 0.5) is 0 Å². The van der Waals surface area contributed by atoms with E-state index in [-0.39, 0.29) is 11.9 Å². The molecule has 1 aliphatic rings. The molecule has 110 valence electrons. The lowest BCUT2D eigenvalue weighted by molar-refractivity contribution is 0.0929. The quantitative estimate of drug-likeness (QED) is 0.901. The molecule has 2 aromatic rings. The number of carbonyl (C=O) groups excluding carboxylic acids is 1. The van der Waals surface area contributed by atoms with Crippen molar-refractivity contribution in [1.29, 1.82) is 0 Å². The molecule has 5 heteroatoms. The average Bonchev–Trinajstić information content (AvgIpc) is 2.54. The molecule has 1 saturated heterocycles. The van der Waals surface area contributed by atoms with Crippen LogP contribution in [-0.2, 0) is 0 Å². The van der Waals surface area contributed by atoms with Crippen molar-refractivity contribution in [3.63, 3.8) is 0 Å². The number of hydrogen-bond acceptors (Lipinski definition) is 4. The third kappa shape index (κ3) is 3.13. The van der Waals surface area contributed by atoms with Crippen LogP contribution in [0, 0.1) is 0 Å². The zero-order valence-electron chi connectivity index (χ0n) is 12.1. The molecule has 2 N–H and O–H groups in total. The van der Waals surface area contributed by atoms with Crippen molar-refractivity contribution in [2.24, 2.45) is 0 Å². The first-order chi connectivity index (χ1) is 10.3. The van der Waals surface area contributed by atoms with Crippen LogP contribution in [0.25, 0.3) is 10.9 Å². The molecule has 0 radical (unpaired) electrons. The summed E-state index contributed by atoms with van der Waals surface area (Å²) < 4.78 is 5.18. The highest BCUT2D eigenvalue weighted by Crippen LogP contribution is 2.19. The number of amides is 1. The van der Waals surface area contributed by atoms with Gasteiger partial charge in [0.05, 0.1) is 18.2 Å². The van der Waals surface area contributed by atoms with Crippen molar-refractivity contribution < 1.29 is 9.53 Å². The Morgan fingerprint density at radius 3 is 2.90 bits per heavy atom. The Balaban J connectivity index is 1.78.